The van der Waals surface area contributed by atoms with Gasteiger partial charge in [-0.25, -0.2) is 9.97 Å². The quantitative estimate of drug-likeness (QED) is 0.547. The minimum Gasteiger partial charge on any atom is -0.331 e. The van der Waals surface area contributed by atoms with Crippen molar-refractivity contribution in [3.05, 3.63) is 77.6 Å². The van der Waals surface area contributed by atoms with E-state index in [1.807, 2.05) is 42.7 Å². The Hall–Kier alpha value is -2.79. The average Bonchev–Trinajstić information content (AvgIpc) is 3.31. The highest BCUT2D eigenvalue weighted by molar-refractivity contribution is 7.09. The minimum atomic E-state index is 0.861. The number of nitrogens with zero attached hydrogens (tertiary/aromatic N) is 4. The molecule has 0 fully saturated rings. The number of hydrogen-bond donors (Lipinski definition) is 0. The van der Waals surface area contributed by atoms with Crippen LogP contribution in [0.15, 0.2) is 72.6 Å². The number of pyridine rings is 1. The van der Waals surface area contributed by atoms with Gasteiger partial charge in [0.2, 0.25) is 0 Å². The van der Waals surface area contributed by atoms with Gasteiger partial charge in [-0.1, -0.05) is 30.3 Å². The van der Waals surface area contributed by atoms with Crippen molar-refractivity contribution in [3.63, 3.8) is 0 Å². The predicted octanol–water partition coefficient (Wildman–Crippen LogP) is 4.31. The molecule has 0 spiro atoms. The standard InChI is InChI=1S/C19H16N4S/c1-2-4-15(5-3-1)17-14-24-18(22-17)8-12-23-13-11-21-19(23)16-6-9-20-10-7-16/h1-7,9-11,13-14H,8,12H2. The van der Waals surface area contributed by atoms with Crippen molar-refractivity contribution in [2.45, 2.75) is 13.0 Å². The third-order valence-electron chi connectivity index (χ3n) is 3.84. The van der Waals surface area contributed by atoms with E-state index in [1.165, 1.54) is 5.56 Å². The zero-order chi connectivity index (χ0) is 16.2. The lowest BCUT2D eigenvalue weighted by atomic mass is 10.2. The Kier molecular flexibility index (Phi) is 4.16. The molecule has 0 aliphatic rings. The van der Waals surface area contributed by atoms with Crippen LogP contribution in [-0.2, 0) is 13.0 Å². The SMILES string of the molecule is c1ccc(-c2csc(CCn3ccnc3-c3ccncc3)n2)cc1. The van der Waals surface area contributed by atoms with Gasteiger partial charge in [0.05, 0.1) is 10.7 Å². The van der Waals surface area contributed by atoms with Gasteiger partial charge in [0.25, 0.3) is 0 Å². The van der Waals surface area contributed by atoms with E-state index in [2.05, 4.69) is 32.0 Å². The van der Waals surface area contributed by atoms with Crippen molar-refractivity contribution >= 4 is 11.3 Å². The second-order valence-electron chi connectivity index (χ2n) is 5.42. The highest BCUT2D eigenvalue weighted by Crippen LogP contribution is 2.23. The molecule has 4 nitrogen and oxygen atoms in total. The third-order valence-corrected chi connectivity index (χ3v) is 4.75. The van der Waals surface area contributed by atoms with Crippen molar-refractivity contribution in [1.82, 2.24) is 19.5 Å². The first kappa shape index (κ1) is 14.8. The topological polar surface area (TPSA) is 43.6 Å². The number of aromatic nitrogens is 4. The molecule has 3 heterocycles. The third kappa shape index (κ3) is 3.12. The molecule has 0 N–H and O–H groups in total. The first-order valence-electron chi connectivity index (χ1n) is 7.81. The van der Waals surface area contributed by atoms with E-state index in [-0.39, 0.29) is 0 Å². The van der Waals surface area contributed by atoms with Crippen LogP contribution in [0.5, 0.6) is 0 Å². The number of benzene rings is 1. The maximum atomic E-state index is 4.76. The maximum absolute atomic E-state index is 4.76. The lowest BCUT2D eigenvalue weighted by molar-refractivity contribution is 0.700. The van der Waals surface area contributed by atoms with Crippen molar-refractivity contribution < 1.29 is 0 Å². The Bertz CT molecular complexity index is 913. The van der Waals surface area contributed by atoms with Crippen molar-refractivity contribution in [2.75, 3.05) is 0 Å². The molecule has 118 valence electrons. The smallest absolute Gasteiger partial charge is 0.140 e. The summed E-state index contributed by atoms with van der Waals surface area (Å²) in [6.07, 6.45) is 8.34. The molecule has 0 amide bonds. The fraction of sp³-hybridized carbons (Fsp3) is 0.105. The highest BCUT2D eigenvalue weighted by Gasteiger charge is 2.08. The van der Waals surface area contributed by atoms with Crippen LogP contribution < -0.4 is 0 Å². The molecule has 0 aliphatic carbocycles. The first-order chi connectivity index (χ1) is 11.9. The van der Waals surface area contributed by atoms with Gasteiger partial charge < -0.3 is 4.57 Å². The molecule has 0 radical (unpaired) electrons. The molecule has 24 heavy (non-hydrogen) atoms. The van der Waals surface area contributed by atoms with Gasteiger partial charge in [0.15, 0.2) is 0 Å². The fourth-order valence-electron chi connectivity index (χ4n) is 2.63. The van der Waals surface area contributed by atoms with Crippen molar-refractivity contribution in [1.29, 1.82) is 0 Å². The van der Waals surface area contributed by atoms with Crippen LogP contribution in [0, 0.1) is 0 Å². The molecule has 0 bridgehead atoms. The molecule has 4 rings (SSSR count). The fourth-order valence-corrected chi connectivity index (χ4v) is 3.43. The summed E-state index contributed by atoms with van der Waals surface area (Å²) in [7, 11) is 0. The van der Waals surface area contributed by atoms with Gasteiger partial charge in [-0.05, 0) is 12.1 Å². The first-order valence-corrected chi connectivity index (χ1v) is 8.69. The Morgan fingerprint density at radius 3 is 2.58 bits per heavy atom. The van der Waals surface area contributed by atoms with Crippen LogP contribution in [0.3, 0.4) is 0 Å². The molecular weight excluding hydrogens is 316 g/mol. The number of imidazole rings is 1. The monoisotopic (exact) mass is 332 g/mol. The van der Waals surface area contributed by atoms with Crippen LogP contribution in [-0.4, -0.2) is 19.5 Å². The Balaban J connectivity index is 1.49. The zero-order valence-electron chi connectivity index (χ0n) is 13.0. The molecule has 0 saturated carbocycles. The molecule has 3 aromatic heterocycles. The van der Waals surface area contributed by atoms with Crippen LogP contribution in [0.2, 0.25) is 0 Å². The Morgan fingerprint density at radius 1 is 0.917 bits per heavy atom. The van der Waals surface area contributed by atoms with E-state index in [1.54, 1.807) is 23.7 Å². The zero-order valence-corrected chi connectivity index (χ0v) is 13.9. The van der Waals surface area contributed by atoms with Crippen LogP contribution in [0.25, 0.3) is 22.6 Å². The van der Waals surface area contributed by atoms with Gasteiger partial charge in [-0.3, -0.25) is 4.98 Å². The summed E-state index contributed by atoms with van der Waals surface area (Å²) in [6.45, 7) is 0.861. The highest BCUT2D eigenvalue weighted by atomic mass is 32.1. The Morgan fingerprint density at radius 2 is 1.75 bits per heavy atom. The second-order valence-corrected chi connectivity index (χ2v) is 6.37. The summed E-state index contributed by atoms with van der Waals surface area (Å²) < 4.78 is 2.17. The molecule has 0 aliphatic heterocycles. The van der Waals surface area contributed by atoms with Crippen LogP contribution >= 0.6 is 11.3 Å². The van der Waals surface area contributed by atoms with Gasteiger partial charge >= 0.3 is 0 Å². The summed E-state index contributed by atoms with van der Waals surface area (Å²) >= 11 is 1.71. The average molecular weight is 332 g/mol. The number of thiazole rings is 1. The van der Waals surface area contributed by atoms with E-state index in [0.717, 1.165) is 35.1 Å². The van der Waals surface area contributed by atoms with E-state index < -0.39 is 0 Å². The van der Waals surface area contributed by atoms with Gasteiger partial charge in [-0.2, -0.15) is 0 Å². The molecular formula is C19H16N4S. The van der Waals surface area contributed by atoms with E-state index in [9.17, 15) is 0 Å². The number of aryl methyl sites for hydroxylation is 2. The lowest BCUT2D eigenvalue weighted by Crippen LogP contribution is -2.02. The molecule has 0 atom stereocenters. The number of hydrogen-bond acceptors (Lipinski definition) is 4. The molecule has 4 aromatic rings. The van der Waals surface area contributed by atoms with Crippen LogP contribution in [0.1, 0.15) is 5.01 Å². The predicted molar refractivity (Wildman–Crippen MR) is 96.7 cm³/mol. The van der Waals surface area contributed by atoms with Crippen molar-refractivity contribution in [3.8, 4) is 22.6 Å². The van der Waals surface area contributed by atoms with E-state index >= 15 is 0 Å². The summed E-state index contributed by atoms with van der Waals surface area (Å²) in [5.41, 5.74) is 3.30. The largest absolute Gasteiger partial charge is 0.331 e. The van der Waals surface area contributed by atoms with Gasteiger partial charge in [0.1, 0.15) is 5.82 Å². The molecule has 1 aromatic carbocycles. The normalized spacial score (nSPS) is 10.8. The van der Waals surface area contributed by atoms with E-state index in [0.29, 0.717) is 0 Å². The summed E-state index contributed by atoms with van der Waals surface area (Å²) in [5, 5.41) is 3.27. The summed E-state index contributed by atoms with van der Waals surface area (Å²) in [4.78, 5) is 13.3. The van der Waals surface area contributed by atoms with Gasteiger partial charge in [0, 0.05) is 54.3 Å². The lowest BCUT2D eigenvalue weighted by Gasteiger charge is -2.06. The number of rotatable bonds is 5. The van der Waals surface area contributed by atoms with E-state index in [4.69, 9.17) is 4.98 Å². The maximum Gasteiger partial charge on any atom is 0.140 e. The Labute approximate surface area is 144 Å². The van der Waals surface area contributed by atoms with Gasteiger partial charge in [-0.15, -0.1) is 11.3 Å². The second kappa shape index (κ2) is 6.76. The summed E-state index contributed by atoms with van der Waals surface area (Å²) in [6, 6.07) is 14.3. The van der Waals surface area contributed by atoms with Crippen molar-refractivity contribution in [2.24, 2.45) is 0 Å². The molecule has 0 saturated heterocycles. The van der Waals surface area contributed by atoms with Crippen LogP contribution in [0.4, 0.5) is 0 Å². The molecule has 0 unspecified atom stereocenters. The minimum absolute atomic E-state index is 0.861. The molecule has 5 heteroatoms. The summed E-state index contributed by atoms with van der Waals surface area (Å²) in [5.74, 6) is 0.970.